The normalized spacial score (nSPS) is 16.0. The quantitative estimate of drug-likeness (QED) is 0.859. The number of benzene rings is 1. The average Bonchev–Trinajstić information content (AvgIpc) is 2.87. The summed E-state index contributed by atoms with van der Waals surface area (Å²) in [5, 5.41) is 2.66. The summed E-state index contributed by atoms with van der Waals surface area (Å²) in [6.07, 6.45) is 6.88. The monoisotopic (exact) mass is 294 g/mol. The topological polar surface area (TPSA) is 38.9 Å². The Labute approximate surface area is 124 Å². The van der Waals surface area contributed by atoms with Gasteiger partial charge in [-0.3, -0.25) is 0 Å². The first kappa shape index (κ1) is 14.4. The molecule has 0 radical (unpaired) electrons. The van der Waals surface area contributed by atoms with Crippen LogP contribution in [0.25, 0.3) is 11.3 Å². The van der Waals surface area contributed by atoms with Gasteiger partial charge in [-0.15, -0.1) is 23.7 Å². The predicted molar refractivity (Wildman–Crippen MR) is 85.0 cm³/mol. The van der Waals surface area contributed by atoms with E-state index in [4.69, 9.17) is 5.73 Å². The fourth-order valence-electron chi connectivity index (χ4n) is 2.78. The Morgan fingerprint density at radius 2 is 1.74 bits per heavy atom. The van der Waals surface area contributed by atoms with E-state index in [1.807, 2.05) is 5.38 Å². The number of anilines is 1. The van der Waals surface area contributed by atoms with E-state index in [2.05, 4.69) is 29.2 Å². The third-order valence-electron chi connectivity index (χ3n) is 3.80. The van der Waals surface area contributed by atoms with E-state index in [9.17, 15) is 0 Å². The van der Waals surface area contributed by atoms with E-state index in [1.54, 1.807) is 0 Å². The molecule has 1 heterocycles. The Kier molecular flexibility index (Phi) is 4.83. The zero-order valence-corrected chi connectivity index (χ0v) is 12.5. The standard InChI is InChI=1S/C15H18N2S.ClH/c16-15-17-14(10-18-15)13-8-6-12(7-9-13)11-4-2-1-3-5-11;/h6-11H,1-5H2,(H2,16,17);1H. The van der Waals surface area contributed by atoms with Crippen molar-refractivity contribution in [2.45, 2.75) is 38.0 Å². The molecule has 0 aliphatic heterocycles. The molecule has 2 aromatic rings. The fourth-order valence-corrected chi connectivity index (χ4v) is 3.35. The van der Waals surface area contributed by atoms with E-state index in [0.717, 1.165) is 11.6 Å². The minimum absolute atomic E-state index is 0. The van der Waals surface area contributed by atoms with Crippen molar-refractivity contribution in [3.8, 4) is 11.3 Å². The molecule has 1 aromatic heterocycles. The van der Waals surface area contributed by atoms with Crippen LogP contribution in [0, 0.1) is 0 Å². The van der Waals surface area contributed by atoms with Gasteiger partial charge in [0.1, 0.15) is 0 Å². The van der Waals surface area contributed by atoms with Gasteiger partial charge in [-0.1, -0.05) is 43.5 Å². The highest BCUT2D eigenvalue weighted by Gasteiger charge is 2.15. The molecule has 102 valence electrons. The van der Waals surface area contributed by atoms with Crippen molar-refractivity contribution < 1.29 is 0 Å². The highest BCUT2D eigenvalue weighted by molar-refractivity contribution is 7.13. The maximum Gasteiger partial charge on any atom is 0.180 e. The van der Waals surface area contributed by atoms with Gasteiger partial charge in [0.15, 0.2) is 5.13 Å². The van der Waals surface area contributed by atoms with Crippen molar-refractivity contribution in [1.82, 2.24) is 4.98 Å². The lowest BCUT2D eigenvalue weighted by molar-refractivity contribution is 0.443. The van der Waals surface area contributed by atoms with Crippen LogP contribution in [0.4, 0.5) is 5.13 Å². The van der Waals surface area contributed by atoms with E-state index in [-0.39, 0.29) is 12.4 Å². The van der Waals surface area contributed by atoms with Gasteiger partial charge in [0.25, 0.3) is 0 Å². The maximum absolute atomic E-state index is 5.67. The summed E-state index contributed by atoms with van der Waals surface area (Å²) >= 11 is 1.50. The molecule has 1 fully saturated rings. The molecule has 2 nitrogen and oxygen atoms in total. The third-order valence-corrected chi connectivity index (χ3v) is 4.48. The number of rotatable bonds is 2. The number of hydrogen-bond donors (Lipinski definition) is 1. The van der Waals surface area contributed by atoms with Crippen LogP contribution in [-0.4, -0.2) is 4.98 Å². The summed E-state index contributed by atoms with van der Waals surface area (Å²) in [6.45, 7) is 0. The van der Waals surface area contributed by atoms with Crippen LogP contribution < -0.4 is 5.73 Å². The molecule has 1 aliphatic rings. The van der Waals surface area contributed by atoms with E-state index < -0.39 is 0 Å². The molecule has 0 amide bonds. The summed E-state index contributed by atoms with van der Waals surface area (Å²) in [4.78, 5) is 4.32. The molecular formula is C15H19ClN2S. The minimum Gasteiger partial charge on any atom is -0.375 e. The van der Waals surface area contributed by atoms with Gasteiger partial charge in [0, 0.05) is 10.9 Å². The van der Waals surface area contributed by atoms with Crippen LogP contribution in [0.3, 0.4) is 0 Å². The van der Waals surface area contributed by atoms with Crippen molar-refractivity contribution in [3.05, 3.63) is 35.2 Å². The zero-order valence-electron chi connectivity index (χ0n) is 10.8. The molecule has 3 rings (SSSR count). The van der Waals surface area contributed by atoms with Crippen LogP contribution in [0.1, 0.15) is 43.6 Å². The van der Waals surface area contributed by atoms with Crippen molar-refractivity contribution in [3.63, 3.8) is 0 Å². The van der Waals surface area contributed by atoms with Crippen LogP contribution >= 0.6 is 23.7 Å². The number of hydrogen-bond acceptors (Lipinski definition) is 3. The summed E-state index contributed by atoms with van der Waals surface area (Å²) in [6, 6.07) is 8.89. The molecular weight excluding hydrogens is 276 g/mol. The molecule has 4 heteroatoms. The van der Waals surface area contributed by atoms with Crippen LogP contribution in [0.5, 0.6) is 0 Å². The van der Waals surface area contributed by atoms with Crippen LogP contribution in [0.2, 0.25) is 0 Å². The van der Waals surface area contributed by atoms with E-state index in [0.29, 0.717) is 5.13 Å². The van der Waals surface area contributed by atoms with Gasteiger partial charge >= 0.3 is 0 Å². The molecule has 0 atom stereocenters. The zero-order chi connectivity index (χ0) is 12.4. The maximum atomic E-state index is 5.67. The first-order valence-corrected chi connectivity index (χ1v) is 7.52. The van der Waals surface area contributed by atoms with Gasteiger partial charge in [-0.2, -0.15) is 0 Å². The van der Waals surface area contributed by atoms with Gasteiger partial charge < -0.3 is 5.73 Å². The van der Waals surface area contributed by atoms with Crippen molar-refractivity contribution in [2.24, 2.45) is 0 Å². The third kappa shape index (κ3) is 3.28. The van der Waals surface area contributed by atoms with Gasteiger partial charge in [0.2, 0.25) is 0 Å². The Hall–Kier alpha value is -1.06. The highest BCUT2D eigenvalue weighted by atomic mass is 35.5. The van der Waals surface area contributed by atoms with Gasteiger partial charge in [-0.25, -0.2) is 4.98 Å². The minimum atomic E-state index is 0. The lowest BCUT2D eigenvalue weighted by atomic mass is 9.84. The smallest absolute Gasteiger partial charge is 0.180 e. The number of halogens is 1. The molecule has 1 aromatic carbocycles. The van der Waals surface area contributed by atoms with Crippen molar-refractivity contribution in [2.75, 3.05) is 5.73 Å². The van der Waals surface area contributed by atoms with Crippen molar-refractivity contribution in [1.29, 1.82) is 0 Å². The van der Waals surface area contributed by atoms with Gasteiger partial charge in [-0.05, 0) is 24.3 Å². The molecule has 1 saturated carbocycles. The Bertz CT molecular complexity index is 515. The van der Waals surface area contributed by atoms with Crippen LogP contribution in [0.15, 0.2) is 29.6 Å². The summed E-state index contributed by atoms with van der Waals surface area (Å²) in [7, 11) is 0. The second-order valence-corrected chi connectivity index (χ2v) is 5.92. The molecule has 2 N–H and O–H groups in total. The summed E-state index contributed by atoms with van der Waals surface area (Å²) in [5.74, 6) is 0.772. The largest absolute Gasteiger partial charge is 0.375 e. The number of nitrogen functional groups attached to an aromatic ring is 1. The lowest BCUT2D eigenvalue weighted by Crippen LogP contribution is -2.04. The van der Waals surface area contributed by atoms with E-state index >= 15 is 0 Å². The fraction of sp³-hybridized carbons (Fsp3) is 0.400. The second-order valence-electron chi connectivity index (χ2n) is 5.03. The predicted octanol–water partition coefficient (Wildman–Crippen LogP) is 4.86. The molecule has 0 saturated heterocycles. The first-order chi connectivity index (χ1) is 8.83. The number of thiazole rings is 1. The Balaban J connectivity index is 0.00000133. The van der Waals surface area contributed by atoms with Crippen LogP contribution in [-0.2, 0) is 0 Å². The lowest BCUT2D eigenvalue weighted by Gasteiger charge is -2.22. The SMILES string of the molecule is Cl.Nc1nc(-c2ccc(C3CCCCC3)cc2)cs1. The van der Waals surface area contributed by atoms with Crippen molar-refractivity contribution >= 4 is 28.9 Å². The molecule has 1 aliphatic carbocycles. The van der Waals surface area contributed by atoms with Gasteiger partial charge in [0.05, 0.1) is 5.69 Å². The van der Waals surface area contributed by atoms with E-state index in [1.165, 1.54) is 54.6 Å². The molecule has 19 heavy (non-hydrogen) atoms. The molecule has 0 unspecified atom stereocenters. The number of aromatic nitrogens is 1. The first-order valence-electron chi connectivity index (χ1n) is 6.64. The Morgan fingerprint density at radius 3 is 2.32 bits per heavy atom. The number of nitrogens with two attached hydrogens (primary N) is 1. The average molecular weight is 295 g/mol. The Morgan fingerprint density at radius 1 is 1.05 bits per heavy atom. The molecule has 0 spiro atoms. The molecule has 0 bridgehead atoms. The summed E-state index contributed by atoms with van der Waals surface area (Å²) < 4.78 is 0. The second kappa shape index (κ2) is 6.40. The summed E-state index contributed by atoms with van der Waals surface area (Å²) in [5.41, 5.74) is 9.32. The number of nitrogens with zero attached hydrogens (tertiary/aromatic N) is 1. The highest BCUT2D eigenvalue weighted by Crippen LogP contribution is 2.33.